The number of hydrogen-bond acceptors (Lipinski definition) is 1. The van der Waals surface area contributed by atoms with Gasteiger partial charge in [-0.3, -0.25) is 0 Å². The molecule has 2 aromatic rings. The van der Waals surface area contributed by atoms with Crippen molar-refractivity contribution in [3.05, 3.63) is 63.1 Å². The molecule has 0 bridgehead atoms. The summed E-state index contributed by atoms with van der Waals surface area (Å²) in [6.07, 6.45) is 0.994. The maximum absolute atomic E-state index is 5.84. The number of rotatable bonds is 3. The van der Waals surface area contributed by atoms with Crippen LogP contribution in [0.4, 0.5) is 0 Å². The van der Waals surface area contributed by atoms with E-state index in [0.717, 1.165) is 23.2 Å². The molecule has 110 valence electrons. The van der Waals surface area contributed by atoms with Gasteiger partial charge in [-0.15, -0.1) is 0 Å². The molecular formula is C18H18Br2O. The van der Waals surface area contributed by atoms with Crippen molar-refractivity contribution >= 4 is 31.9 Å². The minimum absolute atomic E-state index is 0.156. The highest BCUT2D eigenvalue weighted by Crippen LogP contribution is 2.42. The molecule has 0 N–H and O–H groups in total. The Balaban J connectivity index is 1.97. The van der Waals surface area contributed by atoms with Gasteiger partial charge in [0.15, 0.2) is 0 Å². The maximum atomic E-state index is 5.84. The Morgan fingerprint density at radius 1 is 1.05 bits per heavy atom. The van der Waals surface area contributed by atoms with Crippen molar-refractivity contribution in [1.82, 2.24) is 0 Å². The molecule has 0 saturated heterocycles. The van der Waals surface area contributed by atoms with E-state index in [1.54, 1.807) is 0 Å². The van der Waals surface area contributed by atoms with Gasteiger partial charge in [-0.05, 0) is 34.7 Å². The molecular weight excluding hydrogens is 392 g/mol. The minimum atomic E-state index is 0.156. The molecule has 3 heteroatoms. The molecule has 1 aliphatic rings. The summed E-state index contributed by atoms with van der Waals surface area (Å²) in [6, 6.07) is 13.2. The number of benzene rings is 2. The molecule has 1 unspecified atom stereocenters. The van der Waals surface area contributed by atoms with Crippen LogP contribution in [-0.4, -0.2) is 6.61 Å². The van der Waals surface area contributed by atoms with E-state index in [4.69, 9.17) is 4.74 Å². The van der Waals surface area contributed by atoms with Crippen LogP contribution < -0.4 is 4.74 Å². The van der Waals surface area contributed by atoms with Crippen LogP contribution in [0.2, 0.25) is 0 Å². The molecule has 0 radical (unpaired) electrons. The Kier molecular flexibility index (Phi) is 4.41. The zero-order valence-electron chi connectivity index (χ0n) is 12.2. The van der Waals surface area contributed by atoms with E-state index >= 15 is 0 Å². The quantitative estimate of drug-likeness (QED) is 0.565. The number of ether oxygens (including phenoxy) is 1. The Morgan fingerprint density at radius 3 is 2.38 bits per heavy atom. The van der Waals surface area contributed by atoms with E-state index in [1.165, 1.54) is 22.3 Å². The van der Waals surface area contributed by atoms with Gasteiger partial charge in [0.25, 0.3) is 0 Å². The minimum Gasteiger partial charge on any atom is -0.493 e. The number of hydrogen-bond donors (Lipinski definition) is 0. The van der Waals surface area contributed by atoms with E-state index in [2.05, 4.69) is 82.1 Å². The van der Waals surface area contributed by atoms with Crippen LogP contribution in [0.25, 0.3) is 0 Å². The molecule has 3 rings (SSSR count). The molecule has 0 fully saturated rings. The van der Waals surface area contributed by atoms with Crippen molar-refractivity contribution in [1.29, 1.82) is 0 Å². The first kappa shape index (κ1) is 15.1. The third kappa shape index (κ3) is 3.04. The fourth-order valence-electron chi connectivity index (χ4n) is 2.72. The van der Waals surface area contributed by atoms with E-state index in [1.807, 2.05) is 0 Å². The normalized spacial score (nSPS) is 14.9. The van der Waals surface area contributed by atoms with Crippen molar-refractivity contribution in [2.75, 3.05) is 6.61 Å². The summed E-state index contributed by atoms with van der Waals surface area (Å²) in [4.78, 5) is 0.156. The van der Waals surface area contributed by atoms with Gasteiger partial charge in [-0.2, -0.15) is 0 Å². The van der Waals surface area contributed by atoms with Gasteiger partial charge < -0.3 is 4.74 Å². The monoisotopic (exact) mass is 408 g/mol. The summed E-state index contributed by atoms with van der Waals surface area (Å²) in [5.41, 5.74) is 5.13. The van der Waals surface area contributed by atoms with Crippen LogP contribution in [0.5, 0.6) is 5.75 Å². The lowest BCUT2D eigenvalue weighted by Gasteiger charge is -2.16. The Morgan fingerprint density at radius 2 is 1.71 bits per heavy atom. The average Bonchev–Trinajstić information content (AvgIpc) is 2.93. The highest BCUT2D eigenvalue weighted by atomic mass is 79.9. The molecule has 0 aliphatic carbocycles. The highest BCUT2D eigenvalue weighted by Gasteiger charge is 2.22. The van der Waals surface area contributed by atoms with E-state index in [-0.39, 0.29) is 4.83 Å². The third-order valence-corrected chi connectivity index (χ3v) is 5.43. The molecule has 1 atom stereocenters. The van der Waals surface area contributed by atoms with Crippen LogP contribution >= 0.6 is 31.9 Å². The van der Waals surface area contributed by atoms with E-state index in [0.29, 0.717) is 5.92 Å². The van der Waals surface area contributed by atoms with Gasteiger partial charge in [0.2, 0.25) is 0 Å². The molecule has 0 amide bonds. The zero-order chi connectivity index (χ0) is 15.0. The molecule has 2 aromatic carbocycles. The highest BCUT2D eigenvalue weighted by molar-refractivity contribution is 9.10. The number of fused-ring (bicyclic) bond motifs is 1. The molecule has 0 aromatic heterocycles. The van der Waals surface area contributed by atoms with Crippen molar-refractivity contribution in [2.24, 2.45) is 0 Å². The summed E-state index contributed by atoms with van der Waals surface area (Å²) >= 11 is 7.45. The Labute approximate surface area is 143 Å². The largest absolute Gasteiger partial charge is 0.493 e. The van der Waals surface area contributed by atoms with Crippen molar-refractivity contribution < 1.29 is 4.74 Å². The van der Waals surface area contributed by atoms with Crippen LogP contribution in [0.3, 0.4) is 0 Å². The molecule has 1 heterocycles. The first-order valence-corrected chi connectivity index (χ1v) is 8.96. The van der Waals surface area contributed by atoms with Crippen LogP contribution in [0, 0.1) is 0 Å². The van der Waals surface area contributed by atoms with Gasteiger partial charge in [-0.1, -0.05) is 70.0 Å². The molecule has 0 spiro atoms. The Bertz CT molecular complexity index is 647. The van der Waals surface area contributed by atoms with Crippen LogP contribution in [0.1, 0.15) is 46.8 Å². The SMILES string of the molecule is CC(C)c1ccc(C(Br)c2cc(Br)cc3c2OCC3)cc1. The molecule has 1 aliphatic heterocycles. The first-order valence-electron chi connectivity index (χ1n) is 7.25. The standard InChI is InChI=1S/C18H18Br2O/c1-11(2)12-3-5-13(6-4-12)17(20)16-10-15(19)9-14-7-8-21-18(14)16/h3-6,9-11,17H,7-8H2,1-2H3. The van der Waals surface area contributed by atoms with Gasteiger partial charge in [-0.25, -0.2) is 0 Å². The van der Waals surface area contributed by atoms with Gasteiger partial charge in [0.1, 0.15) is 5.75 Å². The fraction of sp³-hybridized carbons (Fsp3) is 0.333. The van der Waals surface area contributed by atoms with E-state index < -0.39 is 0 Å². The van der Waals surface area contributed by atoms with Crippen molar-refractivity contribution in [3.8, 4) is 5.75 Å². The second kappa shape index (κ2) is 6.13. The molecule has 0 saturated carbocycles. The lowest BCUT2D eigenvalue weighted by atomic mass is 9.97. The summed E-state index contributed by atoms with van der Waals surface area (Å²) in [5, 5.41) is 0. The summed E-state index contributed by atoms with van der Waals surface area (Å²) in [5.74, 6) is 1.61. The van der Waals surface area contributed by atoms with Gasteiger partial charge in [0, 0.05) is 16.5 Å². The topological polar surface area (TPSA) is 9.23 Å². The van der Waals surface area contributed by atoms with Crippen molar-refractivity contribution in [3.63, 3.8) is 0 Å². The molecule has 21 heavy (non-hydrogen) atoms. The summed E-state index contributed by atoms with van der Waals surface area (Å²) in [6.45, 7) is 5.22. The molecule has 1 nitrogen and oxygen atoms in total. The van der Waals surface area contributed by atoms with Gasteiger partial charge in [0.05, 0.1) is 11.4 Å². The lowest BCUT2D eigenvalue weighted by Crippen LogP contribution is -1.98. The smallest absolute Gasteiger partial charge is 0.127 e. The van der Waals surface area contributed by atoms with Crippen LogP contribution in [-0.2, 0) is 6.42 Å². The third-order valence-electron chi connectivity index (χ3n) is 3.95. The summed E-state index contributed by atoms with van der Waals surface area (Å²) in [7, 11) is 0. The Hall–Kier alpha value is -0.800. The van der Waals surface area contributed by atoms with Gasteiger partial charge >= 0.3 is 0 Å². The second-order valence-corrected chi connectivity index (χ2v) is 7.60. The van der Waals surface area contributed by atoms with Crippen molar-refractivity contribution in [2.45, 2.75) is 31.0 Å². The van der Waals surface area contributed by atoms with Crippen LogP contribution in [0.15, 0.2) is 40.9 Å². The zero-order valence-corrected chi connectivity index (χ0v) is 15.4. The first-order chi connectivity index (χ1) is 10.1. The number of halogens is 2. The van der Waals surface area contributed by atoms with E-state index in [9.17, 15) is 0 Å². The average molecular weight is 410 g/mol. The predicted octanol–water partition coefficient (Wildman–Crippen LogP) is 5.99. The maximum Gasteiger partial charge on any atom is 0.127 e. The fourth-order valence-corrected chi connectivity index (χ4v) is 3.88. The number of alkyl halides is 1. The summed E-state index contributed by atoms with van der Waals surface area (Å²) < 4.78 is 6.95. The lowest BCUT2D eigenvalue weighted by molar-refractivity contribution is 0.354. The predicted molar refractivity (Wildman–Crippen MR) is 94.6 cm³/mol. The second-order valence-electron chi connectivity index (χ2n) is 5.77.